The average molecular weight is 519 g/mol. The van der Waals surface area contributed by atoms with Crippen molar-refractivity contribution in [3.05, 3.63) is 71.8 Å². The molecule has 0 aliphatic rings. The lowest BCUT2D eigenvalue weighted by molar-refractivity contribution is 0.241. The molecule has 0 nitrogen and oxygen atoms in total. The fraction of sp³-hybridized carbons (Fsp3) is 0.684. The van der Waals surface area contributed by atoms with Gasteiger partial charge in [0.25, 0.3) is 0 Å². The number of rotatable bonds is 25. The second kappa shape index (κ2) is 23.3. The van der Waals surface area contributed by atoms with E-state index in [9.17, 15) is 0 Å². The first-order valence-electron chi connectivity index (χ1n) is 16.9. The van der Waals surface area contributed by atoms with Crippen LogP contribution in [0.1, 0.15) is 153 Å². The molecule has 0 N–H and O–H groups in total. The summed E-state index contributed by atoms with van der Waals surface area (Å²) >= 11 is 0. The molecular formula is C38H62. The van der Waals surface area contributed by atoms with E-state index in [1.165, 1.54) is 152 Å². The van der Waals surface area contributed by atoms with Gasteiger partial charge in [0.1, 0.15) is 0 Å². The highest BCUT2D eigenvalue weighted by Gasteiger charge is 2.20. The van der Waals surface area contributed by atoms with E-state index < -0.39 is 0 Å². The standard InChI is InChI=1S/C38H62/c1-3-5-6-7-12-21-32-37(25-4-2)38(34-24-23-31-36-29-19-15-20-30-36)33-22-13-10-8-9-11-16-26-35-27-17-14-18-28-35/h14-15,17-20,27-30,37-38H,3-13,16,21-26,31-34H2,1-2H3. The summed E-state index contributed by atoms with van der Waals surface area (Å²) in [6.45, 7) is 4.74. The number of benzene rings is 2. The summed E-state index contributed by atoms with van der Waals surface area (Å²) in [5.41, 5.74) is 3.02. The van der Waals surface area contributed by atoms with Crippen molar-refractivity contribution in [2.45, 2.75) is 155 Å². The maximum absolute atomic E-state index is 2.42. The molecule has 2 rings (SSSR count). The highest BCUT2D eigenvalue weighted by molar-refractivity contribution is 5.15. The first-order chi connectivity index (χ1) is 18.8. The quantitative estimate of drug-likeness (QED) is 0.115. The van der Waals surface area contributed by atoms with Gasteiger partial charge >= 0.3 is 0 Å². The minimum absolute atomic E-state index is 0.965. The minimum Gasteiger partial charge on any atom is -0.0654 e. The summed E-state index contributed by atoms with van der Waals surface area (Å²) in [4.78, 5) is 0. The fourth-order valence-corrected chi connectivity index (χ4v) is 6.43. The molecule has 0 saturated heterocycles. The van der Waals surface area contributed by atoms with Gasteiger partial charge < -0.3 is 0 Å². The zero-order valence-corrected chi connectivity index (χ0v) is 25.5. The van der Waals surface area contributed by atoms with Crippen LogP contribution in [0.25, 0.3) is 0 Å². The van der Waals surface area contributed by atoms with Crippen molar-refractivity contribution in [1.82, 2.24) is 0 Å². The second-order valence-corrected chi connectivity index (χ2v) is 12.1. The summed E-state index contributed by atoms with van der Waals surface area (Å²) in [6.07, 6.45) is 31.2. The van der Waals surface area contributed by atoms with Gasteiger partial charge in [-0.3, -0.25) is 0 Å². The predicted molar refractivity (Wildman–Crippen MR) is 171 cm³/mol. The molecule has 2 aromatic rings. The molecule has 2 aromatic carbocycles. The molecule has 0 spiro atoms. The van der Waals surface area contributed by atoms with Crippen molar-refractivity contribution in [1.29, 1.82) is 0 Å². The SMILES string of the molecule is CCCCCCCCC(CCC)C(CCCCCCCCCc1ccccc1)CCCCc1ccccc1. The van der Waals surface area contributed by atoms with Gasteiger partial charge in [-0.05, 0) is 48.6 Å². The summed E-state index contributed by atoms with van der Waals surface area (Å²) < 4.78 is 0. The Kier molecular flexibility index (Phi) is 20.1. The third-order valence-electron chi connectivity index (χ3n) is 8.77. The van der Waals surface area contributed by atoms with E-state index in [0.717, 1.165) is 11.8 Å². The van der Waals surface area contributed by atoms with Gasteiger partial charge in [-0.2, -0.15) is 0 Å². The smallest absolute Gasteiger partial charge is 0.0279 e. The second-order valence-electron chi connectivity index (χ2n) is 12.1. The van der Waals surface area contributed by atoms with Crippen LogP contribution in [0.4, 0.5) is 0 Å². The van der Waals surface area contributed by atoms with Crippen molar-refractivity contribution >= 4 is 0 Å². The van der Waals surface area contributed by atoms with Crippen molar-refractivity contribution in [2.24, 2.45) is 11.8 Å². The Morgan fingerprint density at radius 1 is 0.368 bits per heavy atom. The van der Waals surface area contributed by atoms with E-state index in [1.807, 2.05) is 0 Å². The first-order valence-corrected chi connectivity index (χ1v) is 16.9. The monoisotopic (exact) mass is 518 g/mol. The lowest BCUT2D eigenvalue weighted by atomic mass is 9.78. The molecule has 0 saturated carbocycles. The minimum atomic E-state index is 0.965. The molecule has 0 aliphatic carbocycles. The molecule has 0 aromatic heterocycles. The largest absolute Gasteiger partial charge is 0.0654 e. The van der Waals surface area contributed by atoms with Crippen LogP contribution in [0, 0.1) is 11.8 Å². The molecule has 2 atom stereocenters. The van der Waals surface area contributed by atoms with Crippen molar-refractivity contribution in [3.8, 4) is 0 Å². The number of hydrogen-bond acceptors (Lipinski definition) is 0. The molecule has 0 bridgehead atoms. The van der Waals surface area contributed by atoms with Crippen molar-refractivity contribution in [2.75, 3.05) is 0 Å². The Morgan fingerprint density at radius 2 is 0.737 bits per heavy atom. The Labute approximate surface area is 238 Å². The lowest BCUT2D eigenvalue weighted by Gasteiger charge is -2.28. The molecule has 0 heteroatoms. The van der Waals surface area contributed by atoms with Gasteiger partial charge in [-0.25, -0.2) is 0 Å². The van der Waals surface area contributed by atoms with Gasteiger partial charge in [-0.15, -0.1) is 0 Å². The predicted octanol–water partition coefficient (Wildman–Crippen LogP) is 12.5. The molecule has 0 radical (unpaired) electrons. The van der Waals surface area contributed by atoms with E-state index in [1.54, 1.807) is 0 Å². The highest BCUT2D eigenvalue weighted by Crippen LogP contribution is 2.33. The Hall–Kier alpha value is -1.56. The molecule has 0 aliphatic heterocycles. The third kappa shape index (κ3) is 16.4. The fourth-order valence-electron chi connectivity index (χ4n) is 6.43. The Morgan fingerprint density at radius 3 is 1.21 bits per heavy atom. The van der Waals surface area contributed by atoms with Crippen LogP contribution in [0.15, 0.2) is 60.7 Å². The van der Waals surface area contributed by atoms with Crippen LogP contribution in [0.5, 0.6) is 0 Å². The number of hydrogen-bond donors (Lipinski definition) is 0. The zero-order valence-electron chi connectivity index (χ0n) is 25.5. The van der Waals surface area contributed by atoms with E-state index >= 15 is 0 Å². The van der Waals surface area contributed by atoms with Gasteiger partial charge in [0, 0.05) is 0 Å². The van der Waals surface area contributed by atoms with Crippen LogP contribution >= 0.6 is 0 Å². The van der Waals surface area contributed by atoms with E-state index in [0.29, 0.717) is 0 Å². The van der Waals surface area contributed by atoms with E-state index in [4.69, 9.17) is 0 Å². The van der Waals surface area contributed by atoms with Gasteiger partial charge in [0.2, 0.25) is 0 Å². The topological polar surface area (TPSA) is 0 Å². The Bertz CT molecular complexity index is 733. The van der Waals surface area contributed by atoms with E-state index in [-0.39, 0.29) is 0 Å². The van der Waals surface area contributed by atoms with Crippen LogP contribution in [0.2, 0.25) is 0 Å². The van der Waals surface area contributed by atoms with Gasteiger partial charge in [-0.1, -0.05) is 190 Å². The maximum atomic E-state index is 2.42. The van der Waals surface area contributed by atoms with Gasteiger partial charge in [0.05, 0.1) is 0 Å². The molecule has 2 unspecified atom stereocenters. The van der Waals surface area contributed by atoms with Gasteiger partial charge in [0.15, 0.2) is 0 Å². The molecule has 38 heavy (non-hydrogen) atoms. The Balaban J connectivity index is 1.67. The zero-order chi connectivity index (χ0) is 26.9. The molecule has 0 amide bonds. The normalized spacial score (nSPS) is 13.0. The molecular weight excluding hydrogens is 456 g/mol. The number of aryl methyl sites for hydroxylation is 2. The summed E-state index contributed by atoms with van der Waals surface area (Å²) in [7, 11) is 0. The van der Waals surface area contributed by atoms with Crippen LogP contribution in [-0.4, -0.2) is 0 Å². The number of unbranched alkanes of at least 4 members (excludes halogenated alkanes) is 12. The van der Waals surface area contributed by atoms with Crippen molar-refractivity contribution in [3.63, 3.8) is 0 Å². The highest BCUT2D eigenvalue weighted by atomic mass is 14.3. The summed E-state index contributed by atoms with van der Waals surface area (Å²) in [5, 5.41) is 0. The summed E-state index contributed by atoms with van der Waals surface area (Å²) in [5.74, 6) is 1.94. The average Bonchev–Trinajstić information content (AvgIpc) is 2.95. The van der Waals surface area contributed by atoms with Crippen LogP contribution < -0.4 is 0 Å². The van der Waals surface area contributed by atoms with Crippen LogP contribution in [0.3, 0.4) is 0 Å². The first kappa shape index (κ1) is 32.7. The van der Waals surface area contributed by atoms with E-state index in [2.05, 4.69) is 74.5 Å². The molecule has 0 heterocycles. The summed E-state index contributed by atoms with van der Waals surface area (Å²) in [6, 6.07) is 22.1. The van der Waals surface area contributed by atoms with Crippen molar-refractivity contribution < 1.29 is 0 Å². The van der Waals surface area contributed by atoms with Crippen LogP contribution in [-0.2, 0) is 12.8 Å². The maximum Gasteiger partial charge on any atom is -0.0279 e. The molecule has 214 valence electrons. The lowest BCUT2D eigenvalue weighted by Crippen LogP contribution is -2.16. The molecule has 0 fully saturated rings. The third-order valence-corrected chi connectivity index (χ3v) is 8.77.